The monoisotopic (exact) mass is 168 g/mol. The minimum atomic E-state index is 0.135. The molecule has 0 amide bonds. The maximum atomic E-state index is 5.26. The zero-order valence-corrected chi connectivity index (χ0v) is 6.95. The van der Waals surface area contributed by atoms with Crippen molar-refractivity contribution in [2.75, 3.05) is 5.73 Å². The molecule has 1 unspecified atom stereocenters. The first-order valence-corrected chi connectivity index (χ1v) is 4.07. The van der Waals surface area contributed by atoms with Crippen LogP contribution < -0.4 is 11.1 Å². The molecule has 1 heterocycles. The topological polar surface area (TPSA) is 77.0 Å². The highest BCUT2D eigenvalue weighted by Crippen LogP contribution is 2.29. The van der Waals surface area contributed by atoms with E-state index in [1.165, 1.54) is 6.42 Å². The van der Waals surface area contributed by atoms with Gasteiger partial charge in [0.1, 0.15) is 0 Å². The van der Waals surface area contributed by atoms with Gasteiger partial charge < -0.3 is 15.5 Å². The lowest BCUT2D eigenvalue weighted by Gasteiger charge is -1.96. The van der Waals surface area contributed by atoms with Crippen LogP contribution in [0.3, 0.4) is 0 Å². The number of hydrogen-bond acceptors (Lipinski definition) is 5. The molecule has 1 aromatic heterocycles. The van der Waals surface area contributed by atoms with Crippen LogP contribution in [-0.4, -0.2) is 16.2 Å². The van der Waals surface area contributed by atoms with Gasteiger partial charge in [0, 0.05) is 6.04 Å². The predicted molar refractivity (Wildman–Crippen MR) is 43.1 cm³/mol. The lowest BCUT2D eigenvalue weighted by Crippen LogP contribution is -2.17. The van der Waals surface area contributed by atoms with Gasteiger partial charge in [-0.2, -0.15) is 0 Å². The second-order valence-corrected chi connectivity index (χ2v) is 3.23. The Kier molecular flexibility index (Phi) is 1.73. The molecule has 1 aliphatic rings. The summed E-state index contributed by atoms with van der Waals surface area (Å²) in [6.45, 7) is 2.83. The second-order valence-electron chi connectivity index (χ2n) is 3.23. The van der Waals surface area contributed by atoms with Crippen molar-refractivity contribution in [3.8, 4) is 0 Å². The number of nitrogens with one attached hydrogen (secondary N) is 1. The summed E-state index contributed by atoms with van der Waals surface area (Å²) in [5.74, 6) is 1.34. The Labute approximate surface area is 70.3 Å². The summed E-state index contributed by atoms with van der Waals surface area (Å²) in [5, 5.41) is 10.6. The highest BCUT2D eigenvalue weighted by molar-refractivity contribution is 5.05. The van der Waals surface area contributed by atoms with Crippen molar-refractivity contribution < 1.29 is 4.42 Å². The van der Waals surface area contributed by atoms with E-state index in [1.54, 1.807) is 0 Å². The van der Waals surface area contributed by atoms with E-state index in [1.807, 2.05) is 0 Å². The Morgan fingerprint density at radius 2 is 2.42 bits per heavy atom. The molecule has 0 bridgehead atoms. The van der Waals surface area contributed by atoms with Crippen LogP contribution in [0.2, 0.25) is 0 Å². The Morgan fingerprint density at radius 3 is 2.92 bits per heavy atom. The van der Waals surface area contributed by atoms with Crippen molar-refractivity contribution in [1.82, 2.24) is 15.5 Å². The number of nitrogens with zero attached hydrogens (tertiary/aromatic N) is 2. The van der Waals surface area contributed by atoms with E-state index in [0.717, 1.165) is 5.92 Å². The summed E-state index contributed by atoms with van der Waals surface area (Å²) in [6, 6.07) is 0.758. The summed E-state index contributed by atoms with van der Waals surface area (Å²) in [4.78, 5) is 0. The first-order valence-electron chi connectivity index (χ1n) is 4.07. The van der Waals surface area contributed by atoms with Gasteiger partial charge in [0.15, 0.2) is 0 Å². The van der Waals surface area contributed by atoms with Crippen molar-refractivity contribution in [2.24, 2.45) is 5.92 Å². The van der Waals surface area contributed by atoms with Crippen LogP contribution >= 0.6 is 0 Å². The van der Waals surface area contributed by atoms with Gasteiger partial charge in [-0.3, -0.25) is 0 Å². The average molecular weight is 168 g/mol. The van der Waals surface area contributed by atoms with Crippen LogP contribution in [0.5, 0.6) is 0 Å². The molecule has 0 radical (unpaired) electrons. The average Bonchev–Trinajstić information content (AvgIpc) is 2.56. The molecule has 1 saturated carbocycles. The number of anilines is 1. The van der Waals surface area contributed by atoms with E-state index in [-0.39, 0.29) is 6.01 Å². The first-order chi connectivity index (χ1) is 5.75. The third kappa shape index (κ3) is 1.55. The van der Waals surface area contributed by atoms with Crippen molar-refractivity contribution in [2.45, 2.75) is 25.9 Å². The summed E-state index contributed by atoms with van der Waals surface area (Å²) in [5.41, 5.74) is 5.26. The zero-order valence-electron chi connectivity index (χ0n) is 6.95. The first kappa shape index (κ1) is 7.54. The predicted octanol–water partition coefficient (Wildman–Crippen LogP) is 0.150. The molecule has 66 valence electrons. The molecule has 1 aliphatic carbocycles. The van der Waals surface area contributed by atoms with E-state index >= 15 is 0 Å². The Bertz CT molecular complexity index is 272. The molecule has 2 atom stereocenters. The van der Waals surface area contributed by atoms with E-state index in [9.17, 15) is 0 Å². The SMILES string of the molecule is CC1C[C@@H]1NCc1nnc(N)o1. The molecular formula is C7H12N4O. The minimum absolute atomic E-state index is 0.135. The van der Waals surface area contributed by atoms with Gasteiger partial charge in [0.05, 0.1) is 6.54 Å². The Morgan fingerprint density at radius 1 is 1.67 bits per heavy atom. The molecule has 1 fully saturated rings. The molecule has 2 rings (SSSR count). The second kappa shape index (κ2) is 2.75. The van der Waals surface area contributed by atoms with Crippen LogP contribution in [0, 0.1) is 5.92 Å². The Hall–Kier alpha value is -1.10. The molecule has 5 heteroatoms. The largest absolute Gasteiger partial charge is 0.407 e. The normalized spacial score (nSPS) is 27.4. The smallest absolute Gasteiger partial charge is 0.312 e. The van der Waals surface area contributed by atoms with Crippen LogP contribution in [0.4, 0.5) is 6.01 Å². The van der Waals surface area contributed by atoms with Gasteiger partial charge in [0.2, 0.25) is 5.89 Å². The Balaban J connectivity index is 1.80. The fraction of sp³-hybridized carbons (Fsp3) is 0.714. The van der Waals surface area contributed by atoms with Crippen LogP contribution in [0.25, 0.3) is 0 Å². The molecule has 0 aliphatic heterocycles. The zero-order chi connectivity index (χ0) is 8.55. The molecule has 0 aromatic carbocycles. The highest BCUT2D eigenvalue weighted by atomic mass is 16.4. The van der Waals surface area contributed by atoms with Crippen molar-refractivity contribution in [3.05, 3.63) is 5.89 Å². The van der Waals surface area contributed by atoms with Gasteiger partial charge >= 0.3 is 6.01 Å². The summed E-state index contributed by atoms with van der Waals surface area (Å²) >= 11 is 0. The molecule has 0 saturated heterocycles. The molecule has 5 nitrogen and oxygen atoms in total. The third-order valence-electron chi connectivity index (χ3n) is 2.11. The maximum absolute atomic E-state index is 5.26. The number of nitrogens with two attached hydrogens (primary N) is 1. The highest BCUT2D eigenvalue weighted by Gasteiger charge is 2.31. The third-order valence-corrected chi connectivity index (χ3v) is 2.11. The van der Waals surface area contributed by atoms with Crippen LogP contribution in [0.15, 0.2) is 4.42 Å². The summed E-state index contributed by atoms with van der Waals surface area (Å²) in [7, 11) is 0. The minimum Gasteiger partial charge on any atom is -0.407 e. The van der Waals surface area contributed by atoms with E-state index in [4.69, 9.17) is 10.2 Å². The quantitative estimate of drug-likeness (QED) is 0.671. The van der Waals surface area contributed by atoms with E-state index < -0.39 is 0 Å². The number of hydrogen-bond donors (Lipinski definition) is 2. The molecule has 3 N–H and O–H groups in total. The molecular weight excluding hydrogens is 156 g/mol. The fourth-order valence-corrected chi connectivity index (χ4v) is 1.16. The summed E-state index contributed by atoms with van der Waals surface area (Å²) < 4.78 is 4.99. The standard InChI is InChI=1S/C7H12N4O/c1-4-2-5(4)9-3-6-10-11-7(8)12-6/h4-5,9H,2-3H2,1H3,(H2,8,11)/t4?,5-/m0/s1. The number of aromatic nitrogens is 2. The van der Waals surface area contributed by atoms with E-state index in [0.29, 0.717) is 18.5 Å². The van der Waals surface area contributed by atoms with Gasteiger partial charge in [-0.15, -0.1) is 5.10 Å². The van der Waals surface area contributed by atoms with Gasteiger partial charge in [-0.25, -0.2) is 0 Å². The number of nitrogen functional groups attached to an aromatic ring is 1. The fourth-order valence-electron chi connectivity index (χ4n) is 1.16. The summed E-state index contributed by atoms with van der Waals surface area (Å²) in [6.07, 6.45) is 1.24. The van der Waals surface area contributed by atoms with Gasteiger partial charge in [-0.1, -0.05) is 12.0 Å². The van der Waals surface area contributed by atoms with Crippen LogP contribution in [0.1, 0.15) is 19.2 Å². The maximum Gasteiger partial charge on any atom is 0.312 e. The van der Waals surface area contributed by atoms with Crippen molar-refractivity contribution in [3.63, 3.8) is 0 Å². The van der Waals surface area contributed by atoms with Crippen molar-refractivity contribution in [1.29, 1.82) is 0 Å². The lowest BCUT2D eigenvalue weighted by molar-refractivity contribution is 0.475. The molecule has 1 aromatic rings. The lowest BCUT2D eigenvalue weighted by atomic mass is 10.5. The molecule has 12 heavy (non-hydrogen) atoms. The van der Waals surface area contributed by atoms with Gasteiger partial charge in [-0.05, 0) is 12.3 Å². The number of rotatable bonds is 3. The van der Waals surface area contributed by atoms with Crippen LogP contribution in [-0.2, 0) is 6.54 Å². The van der Waals surface area contributed by atoms with Gasteiger partial charge in [0.25, 0.3) is 0 Å². The van der Waals surface area contributed by atoms with E-state index in [2.05, 4.69) is 22.4 Å². The van der Waals surface area contributed by atoms with Crippen molar-refractivity contribution >= 4 is 6.01 Å². The molecule has 0 spiro atoms.